The fourth-order valence-corrected chi connectivity index (χ4v) is 2.74. The number of rotatable bonds is 3. The van der Waals surface area contributed by atoms with Crippen LogP contribution in [0.1, 0.15) is 38.7 Å². The topological polar surface area (TPSA) is 35.2 Å². The van der Waals surface area contributed by atoms with E-state index in [1.165, 1.54) is 12.1 Å². The lowest BCUT2D eigenvalue weighted by atomic mass is 9.80. The van der Waals surface area contributed by atoms with Crippen LogP contribution in [-0.4, -0.2) is 11.1 Å². The van der Waals surface area contributed by atoms with Crippen LogP contribution in [0.2, 0.25) is 0 Å². The molecule has 1 aliphatic carbocycles. The average Bonchev–Trinajstić information content (AvgIpc) is 2.36. The number of nitrogens with two attached hydrogens (primary N) is 1. The molecular formula is C15H20FNOS. The van der Waals surface area contributed by atoms with Crippen molar-refractivity contribution in [3.8, 4) is 5.75 Å². The summed E-state index contributed by atoms with van der Waals surface area (Å²) in [5.41, 5.74) is 6.11. The molecule has 3 unspecified atom stereocenters. The molecule has 0 aliphatic heterocycles. The Morgan fingerprint density at radius 1 is 1.32 bits per heavy atom. The molecule has 3 atom stereocenters. The van der Waals surface area contributed by atoms with Gasteiger partial charge < -0.3 is 10.5 Å². The van der Waals surface area contributed by atoms with E-state index in [-0.39, 0.29) is 16.9 Å². The van der Waals surface area contributed by atoms with Crippen LogP contribution in [0.25, 0.3) is 0 Å². The first kappa shape index (κ1) is 14.3. The molecule has 0 aromatic heterocycles. The highest BCUT2D eigenvalue weighted by atomic mass is 32.1. The summed E-state index contributed by atoms with van der Waals surface area (Å²) < 4.78 is 19.2. The summed E-state index contributed by atoms with van der Waals surface area (Å²) in [6.07, 6.45) is 3.38. The Balaban J connectivity index is 2.13. The standard InChI is InChI=1S/C15H20FNOS/c1-9-3-5-12(7-10(9)2)18-14-6-4-11(16)8-13(14)15(17)19/h4,6,8-10,12H,3,5,7H2,1-2H3,(H2,17,19). The van der Waals surface area contributed by atoms with Gasteiger partial charge in [-0.25, -0.2) is 4.39 Å². The van der Waals surface area contributed by atoms with Crippen LogP contribution in [0.15, 0.2) is 18.2 Å². The van der Waals surface area contributed by atoms with Crippen molar-refractivity contribution in [2.45, 2.75) is 39.2 Å². The number of hydrogen-bond acceptors (Lipinski definition) is 2. The molecule has 1 aliphatic rings. The SMILES string of the molecule is CC1CCC(Oc2ccc(F)cc2C(N)=S)CC1C. The molecule has 2 rings (SSSR count). The molecule has 1 fully saturated rings. The van der Waals surface area contributed by atoms with Crippen LogP contribution in [0.5, 0.6) is 5.75 Å². The predicted molar refractivity (Wildman–Crippen MR) is 78.9 cm³/mol. The van der Waals surface area contributed by atoms with E-state index in [0.29, 0.717) is 17.2 Å². The maximum absolute atomic E-state index is 13.2. The number of halogens is 1. The summed E-state index contributed by atoms with van der Waals surface area (Å²) in [5.74, 6) is 1.64. The summed E-state index contributed by atoms with van der Waals surface area (Å²) >= 11 is 4.95. The number of thiocarbonyl (C=S) groups is 1. The van der Waals surface area contributed by atoms with E-state index in [0.717, 1.165) is 25.2 Å². The van der Waals surface area contributed by atoms with Crippen molar-refractivity contribution in [2.75, 3.05) is 0 Å². The van der Waals surface area contributed by atoms with Gasteiger partial charge in [-0.1, -0.05) is 26.1 Å². The number of ether oxygens (including phenoxy) is 1. The van der Waals surface area contributed by atoms with E-state index >= 15 is 0 Å². The molecule has 0 radical (unpaired) electrons. The molecule has 2 N–H and O–H groups in total. The molecule has 4 heteroatoms. The Hall–Kier alpha value is -1.16. The van der Waals surface area contributed by atoms with Gasteiger partial charge in [0.1, 0.15) is 16.6 Å². The molecule has 0 spiro atoms. The zero-order chi connectivity index (χ0) is 14.0. The highest BCUT2D eigenvalue weighted by Gasteiger charge is 2.26. The van der Waals surface area contributed by atoms with E-state index in [1.807, 2.05) is 0 Å². The number of hydrogen-bond donors (Lipinski definition) is 1. The van der Waals surface area contributed by atoms with Crippen molar-refractivity contribution in [3.63, 3.8) is 0 Å². The zero-order valence-electron chi connectivity index (χ0n) is 11.4. The molecule has 0 heterocycles. The molecule has 2 nitrogen and oxygen atoms in total. The first-order valence-corrected chi connectivity index (χ1v) is 7.14. The third-order valence-corrected chi connectivity index (χ3v) is 4.27. The highest BCUT2D eigenvalue weighted by Crippen LogP contribution is 2.32. The van der Waals surface area contributed by atoms with Gasteiger partial charge in [-0.2, -0.15) is 0 Å². The third-order valence-electron chi connectivity index (χ3n) is 4.05. The van der Waals surface area contributed by atoms with Crippen LogP contribution < -0.4 is 10.5 Å². The van der Waals surface area contributed by atoms with Gasteiger partial charge in [-0.05, 0) is 49.3 Å². The minimum atomic E-state index is -0.346. The Kier molecular flexibility index (Phi) is 4.40. The minimum absolute atomic E-state index is 0.171. The lowest BCUT2D eigenvalue weighted by molar-refractivity contribution is 0.100. The monoisotopic (exact) mass is 281 g/mol. The molecule has 1 aromatic carbocycles. The highest BCUT2D eigenvalue weighted by molar-refractivity contribution is 7.80. The van der Waals surface area contributed by atoms with Crippen LogP contribution >= 0.6 is 12.2 Å². The Morgan fingerprint density at radius 2 is 2.05 bits per heavy atom. The second-order valence-corrected chi connectivity index (χ2v) is 5.95. The van der Waals surface area contributed by atoms with Crippen LogP contribution in [0.3, 0.4) is 0 Å². The number of benzene rings is 1. The molecule has 104 valence electrons. The van der Waals surface area contributed by atoms with Gasteiger partial charge in [0.2, 0.25) is 0 Å². The fourth-order valence-electron chi connectivity index (χ4n) is 2.58. The van der Waals surface area contributed by atoms with Crippen molar-refractivity contribution in [2.24, 2.45) is 17.6 Å². The van der Waals surface area contributed by atoms with E-state index in [9.17, 15) is 4.39 Å². The minimum Gasteiger partial charge on any atom is -0.490 e. The summed E-state index contributed by atoms with van der Waals surface area (Å²) in [5, 5.41) is 0. The third kappa shape index (κ3) is 3.44. The molecule has 0 bridgehead atoms. The summed E-state index contributed by atoms with van der Waals surface area (Å²) in [4.78, 5) is 0.173. The molecule has 19 heavy (non-hydrogen) atoms. The van der Waals surface area contributed by atoms with Crippen molar-refractivity contribution in [1.29, 1.82) is 0 Å². The summed E-state index contributed by atoms with van der Waals surface area (Å²) in [7, 11) is 0. The van der Waals surface area contributed by atoms with Gasteiger partial charge in [0.15, 0.2) is 0 Å². The average molecular weight is 281 g/mol. The molecule has 1 aromatic rings. The predicted octanol–water partition coefficient (Wildman–Crippen LogP) is 3.66. The first-order chi connectivity index (χ1) is 8.97. The van der Waals surface area contributed by atoms with Crippen molar-refractivity contribution < 1.29 is 9.13 Å². The van der Waals surface area contributed by atoms with Gasteiger partial charge in [0, 0.05) is 0 Å². The van der Waals surface area contributed by atoms with Gasteiger partial charge in [-0.3, -0.25) is 0 Å². The Bertz CT molecular complexity index is 477. The summed E-state index contributed by atoms with van der Waals surface area (Å²) in [6, 6.07) is 4.34. The van der Waals surface area contributed by atoms with Gasteiger partial charge >= 0.3 is 0 Å². The zero-order valence-corrected chi connectivity index (χ0v) is 12.2. The van der Waals surface area contributed by atoms with Crippen molar-refractivity contribution >= 4 is 17.2 Å². The lowest BCUT2D eigenvalue weighted by Crippen LogP contribution is -2.29. The fraction of sp³-hybridized carbons (Fsp3) is 0.533. The molecule has 0 amide bonds. The second kappa shape index (κ2) is 5.87. The maximum atomic E-state index is 13.2. The van der Waals surface area contributed by atoms with Crippen LogP contribution in [0, 0.1) is 17.7 Å². The van der Waals surface area contributed by atoms with Crippen LogP contribution in [0.4, 0.5) is 4.39 Å². The van der Waals surface area contributed by atoms with Crippen LogP contribution in [-0.2, 0) is 0 Å². The van der Waals surface area contributed by atoms with E-state index in [2.05, 4.69) is 13.8 Å². The first-order valence-electron chi connectivity index (χ1n) is 6.73. The van der Waals surface area contributed by atoms with Gasteiger partial charge in [-0.15, -0.1) is 0 Å². The van der Waals surface area contributed by atoms with E-state index in [4.69, 9.17) is 22.7 Å². The Morgan fingerprint density at radius 3 is 2.68 bits per heavy atom. The molecular weight excluding hydrogens is 261 g/mol. The molecule has 0 saturated heterocycles. The van der Waals surface area contributed by atoms with Crippen molar-refractivity contribution in [3.05, 3.63) is 29.6 Å². The normalized spacial score (nSPS) is 27.0. The lowest BCUT2D eigenvalue weighted by Gasteiger charge is -2.32. The Labute approximate surface area is 119 Å². The smallest absolute Gasteiger partial charge is 0.130 e. The van der Waals surface area contributed by atoms with Gasteiger partial charge in [0.05, 0.1) is 11.7 Å². The van der Waals surface area contributed by atoms with E-state index < -0.39 is 0 Å². The quantitative estimate of drug-likeness (QED) is 0.859. The second-order valence-electron chi connectivity index (χ2n) is 5.51. The largest absolute Gasteiger partial charge is 0.490 e. The van der Waals surface area contributed by atoms with Gasteiger partial charge in [0.25, 0.3) is 0 Å². The van der Waals surface area contributed by atoms with E-state index in [1.54, 1.807) is 6.07 Å². The van der Waals surface area contributed by atoms with Crippen molar-refractivity contribution in [1.82, 2.24) is 0 Å². The molecule has 1 saturated carbocycles. The maximum Gasteiger partial charge on any atom is 0.130 e. The summed E-state index contributed by atoms with van der Waals surface area (Å²) in [6.45, 7) is 4.53.